The highest BCUT2D eigenvalue weighted by Gasteiger charge is 1.91. The molecule has 0 amide bonds. The van der Waals surface area contributed by atoms with E-state index in [0.29, 0.717) is 0 Å². The smallest absolute Gasteiger partial charge is 0.134 e. The van der Waals surface area contributed by atoms with Crippen LogP contribution in [0.5, 0.6) is 0 Å². The Bertz CT molecular complexity index is 122. The number of hydrogen-bond donors (Lipinski definition) is 0. The fourth-order valence-electron chi connectivity index (χ4n) is 0.731. The number of nitriles is 1. The predicted molar refractivity (Wildman–Crippen MR) is 62.3 cm³/mol. The first kappa shape index (κ1) is 12.5. The van der Waals surface area contributed by atoms with E-state index in [1.165, 1.54) is 43.2 Å². The lowest BCUT2D eigenvalue weighted by Crippen LogP contribution is -1.78. The molecule has 12 heavy (non-hydrogen) atoms. The van der Waals surface area contributed by atoms with Crippen molar-refractivity contribution < 1.29 is 0 Å². The van der Waals surface area contributed by atoms with Gasteiger partial charge in [-0.15, -0.1) is 0 Å². The molecule has 0 aromatic heterocycles. The number of nitrogens with zero attached hydrogens (tertiary/aromatic N) is 1. The standard InChI is InChI=1S/C8H15NS3/c1-2-3-4-5-6-11-12-8-10-7-9/h2-6,8H2,1H3. The monoisotopic (exact) mass is 221 g/mol. The Labute approximate surface area is 87.5 Å². The van der Waals surface area contributed by atoms with Crippen LogP contribution in [0, 0.1) is 10.7 Å². The van der Waals surface area contributed by atoms with E-state index in [2.05, 4.69) is 12.3 Å². The minimum Gasteiger partial charge on any atom is -0.185 e. The molecule has 0 radical (unpaired) electrons. The van der Waals surface area contributed by atoms with Gasteiger partial charge in [-0.05, 0) is 18.2 Å². The van der Waals surface area contributed by atoms with Crippen LogP contribution in [-0.2, 0) is 0 Å². The minimum absolute atomic E-state index is 0.898. The second-order valence-corrected chi connectivity index (χ2v) is 6.06. The molecule has 0 aliphatic rings. The third-order valence-corrected chi connectivity index (χ3v) is 4.81. The number of thiocyanates is 1. The summed E-state index contributed by atoms with van der Waals surface area (Å²) in [7, 11) is 3.68. The second-order valence-electron chi connectivity index (χ2n) is 2.35. The lowest BCUT2D eigenvalue weighted by Gasteiger charge is -1.97. The molecule has 0 atom stereocenters. The van der Waals surface area contributed by atoms with Crippen molar-refractivity contribution in [1.82, 2.24) is 0 Å². The molecule has 4 heteroatoms. The maximum atomic E-state index is 8.23. The molecule has 1 nitrogen and oxygen atoms in total. The maximum absolute atomic E-state index is 8.23. The van der Waals surface area contributed by atoms with Crippen LogP contribution < -0.4 is 0 Å². The third kappa shape index (κ3) is 10.5. The molecule has 0 fully saturated rings. The fourth-order valence-corrected chi connectivity index (χ4v) is 3.60. The van der Waals surface area contributed by atoms with Crippen LogP contribution in [0.4, 0.5) is 0 Å². The predicted octanol–water partition coefficient (Wildman–Crippen LogP) is 4.12. The van der Waals surface area contributed by atoms with Gasteiger partial charge >= 0.3 is 0 Å². The lowest BCUT2D eigenvalue weighted by molar-refractivity contribution is 0.707. The van der Waals surface area contributed by atoms with E-state index in [1.54, 1.807) is 10.8 Å². The first-order chi connectivity index (χ1) is 5.91. The summed E-state index contributed by atoms with van der Waals surface area (Å²) >= 11 is 1.32. The van der Waals surface area contributed by atoms with Crippen molar-refractivity contribution in [2.45, 2.75) is 32.6 Å². The summed E-state index contributed by atoms with van der Waals surface area (Å²) in [6, 6.07) is 0. The van der Waals surface area contributed by atoms with Crippen LogP contribution >= 0.6 is 33.3 Å². The number of unbranched alkanes of at least 4 members (excludes halogenated alkanes) is 3. The first-order valence-electron chi connectivity index (χ1n) is 4.17. The molecule has 0 unspecified atom stereocenters. The molecule has 0 aromatic rings. The van der Waals surface area contributed by atoms with Gasteiger partial charge in [0.25, 0.3) is 0 Å². The van der Waals surface area contributed by atoms with Crippen molar-refractivity contribution >= 4 is 33.3 Å². The van der Waals surface area contributed by atoms with Gasteiger partial charge in [0.2, 0.25) is 0 Å². The van der Waals surface area contributed by atoms with Crippen molar-refractivity contribution in [3.8, 4) is 5.40 Å². The zero-order valence-electron chi connectivity index (χ0n) is 7.41. The Balaban J connectivity index is 2.78. The van der Waals surface area contributed by atoms with E-state index in [0.717, 1.165) is 5.08 Å². The van der Waals surface area contributed by atoms with Gasteiger partial charge in [0.1, 0.15) is 5.40 Å². The van der Waals surface area contributed by atoms with Gasteiger partial charge in [-0.3, -0.25) is 0 Å². The highest BCUT2D eigenvalue weighted by molar-refractivity contribution is 8.78. The summed E-state index contributed by atoms with van der Waals surface area (Å²) in [5, 5.41) is 11.2. The molecule has 0 bridgehead atoms. The SMILES string of the molecule is CCCCCCSSCSC#N. The Morgan fingerprint density at radius 2 is 2.00 bits per heavy atom. The number of rotatable bonds is 8. The topological polar surface area (TPSA) is 23.8 Å². The van der Waals surface area contributed by atoms with Gasteiger partial charge in [-0.2, -0.15) is 5.26 Å². The van der Waals surface area contributed by atoms with E-state index in [4.69, 9.17) is 5.26 Å². The van der Waals surface area contributed by atoms with Crippen molar-refractivity contribution in [3.05, 3.63) is 0 Å². The Morgan fingerprint density at radius 1 is 1.17 bits per heavy atom. The minimum atomic E-state index is 0.898. The molecule has 70 valence electrons. The first-order valence-corrected chi connectivity index (χ1v) is 7.64. The Kier molecular flexibility index (Phi) is 12.1. The Hall–Kier alpha value is 0.540. The highest BCUT2D eigenvalue weighted by atomic mass is 33.1. The average molecular weight is 221 g/mol. The van der Waals surface area contributed by atoms with Gasteiger partial charge in [0, 0.05) is 5.75 Å². The van der Waals surface area contributed by atoms with E-state index >= 15 is 0 Å². The summed E-state index contributed by atoms with van der Waals surface area (Å²) in [6.45, 7) is 2.23. The molecule has 0 spiro atoms. The molecule has 0 N–H and O–H groups in total. The van der Waals surface area contributed by atoms with Gasteiger partial charge in [0.15, 0.2) is 0 Å². The van der Waals surface area contributed by atoms with E-state index in [1.807, 2.05) is 10.8 Å². The van der Waals surface area contributed by atoms with Crippen molar-refractivity contribution in [1.29, 1.82) is 5.26 Å². The largest absolute Gasteiger partial charge is 0.185 e. The van der Waals surface area contributed by atoms with Crippen LogP contribution in [0.1, 0.15) is 32.6 Å². The molecule has 0 saturated carbocycles. The van der Waals surface area contributed by atoms with E-state index in [-0.39, 0.29) is 0 Å². The van der Waals surface area contributed by atoms with Gasteiger partial charge in [0.05, 0.1) is 5.08 Å². The zero-order valence-corrected chi connectivity index (χ0v) is 9.86. The normalized spacial score (nSPS) is 9.67. The fraction of sp³-hybridized carbons (Fsp3) is 0.875. The van der Waals surface area contributed by atoms with Crippen molar-refractivity contribution in [3.63, 3.8) is 0 Å². The molecule has 0 aromatic carbocycles. The van der Waals surface area contributed by atoms with Crippen LogP contribution in [0.3, 0.4) is 0 Å². The molecule has 0 aliphatic heterocycles. The van der Waals surface area contributed by atoms with Gasteiger partial charge < -0.3 is 0 Å². The molecular formula is C8H15NS3. The average Bonchev–Trinajstić information content (AvgIpc) is 2.10. The molecule has 0 aliphatic carbocycles. The highest BCUT2D eigenvalue weighted by Crippen LogP contribution is 2.26. The van der Waals surface area contributed by atoms with Crippen LogP contribution in [0.2, 0.25) is 0 Å². The summed E-state index contributed by atoms with van der Waals surface area (Å²) in [6.07, 6.45) is 5.35. The van der Waals surface area contributed by atoms with Gasteiger partial charge in [-0.25, -0.2) is 0 Å². The number of thioether (sulfide) groups is 1. The summed E-state index contributed by atoms with van der Waals surface area (Å²) < 4.78 is 0. The Morgan fingerprint density at radius 3 is 2.67 bits per heavy atom. The quantitative estimate of drug-likeness (QED) is 0.266. The van der Waals surface area contributed by atoms with Gasteiger partial charge in [-0.1, -0.05) is 47.8 Å². The molecule has 0 rings (SSSR count). The second kappa shape index (κ2) is 11.5. The summed E-state index contributed by atoms with van der Waals surface area (Å²) in [5.74, 6) is 1.23. The van der Waals surface area contributed by atoms with Crippen LogP contribution in [-0.4, -0.2) is 10.8 Å². The molecule has 0 heterocycles. The lowest BCUT2D eigenvalue weighted by atomic mass is 10.2. The maximum Gasteiger partial charge on any atom is 0.134 e. The summed E-state index contributed by atoms with van der Waals surface area (Å²) in [5.41, 5.74) is 0. The summed E-state index contributed by atoms with van der Waals surface area (Å²) in [4.78, 5) is 0. The zero-order chi connectivity index (χ0) is 9.07. The van der Waals surface area contributed by atoms with Crippen LogP contribution in [0.15, 0.2) is 0 Å². The van der Waals surface area contributed by atoms with E-state index in [9.17, 15) is 0 Å². The van der Waals surface area contributed by atoms with Crippen molar-refractivity contribution in [2.24, 2.45) is 0 Å². The van der Waals surface area contributed by atoms with E-state index < -0.39 is 0 Å². The molecular weight excluding hydrogens is 206 g/mol. The third-order valence-electron chi connectivity index (χ3n) is 1.34. The number of hydrogen-bond acceptors (Lipinski definition) is 4. The van der Waals surface area contributed by atoms with Crippen LogP contribution in [0.25, 0.3) is 0 Å². The van der Waals surface area contributed by atoms with Crippen molar-refractivity contribution in [2.75, 3.05) is 10.8 Å². The molecule has 0 saturated heterocycles.